The second-order valence-corrected chi connectivity index (χ2v) is 4.13. The van der Waals surface area contributed by atoms with E-state index in [-0.39, 0.29) is 5.56 Å². The molecule has 7 nitrogen and oxygen atoms in total. The van der Waals surface area contributed by atoms with Crippen LogP contribution in [-0.2, 0) is 6.54 Å². The second kappa shape index (κ2) is 4.50. The fourth-order valence-electron chi connectivity index (χ4n) is 1.31. The molecule has 0 radical (unpaired) electrons. The summed E-state index contributed by atoms with van der Waals surface area (Å²) in [4.78, 5) is 15.0. The van der Waals surface area contributed by atoms with Gasteiger partial charge in [-0.05, 0) is 18.5 Å². The van der Waals surface area contributed by atoms with Gasteiger partial charge in [0.2, 0.25) is 5.89 Å². The maximum absolute atomic E-state index is 11.0. The van der Waals surface area contributed by atoms with Gasteiger partial charge >= 0.3 is 5.97 Å². The highest BCUT2D eigenvalue weighted by Crippen LogP contribution is 2.24. The zero-order chi connectivity index (χ0) is 12.4. The number of carbonyl (C=O) groups is 1. The maximum Gasteiger partial charge on any atom is 0.340 e. The highest BCUT2D eigenvalue weighted by atomic mass is 32.1. The van der Waals surface area contributed by atoms with Gasteiger partial charge in [0.15, 0.2) is 5.82 Å². The first-order chi connectivity index (χ1) is 8.08. The van der Waals surface area contributed by atoms with E-state index in [9.17, 15) is 4.79 Å². The zero-order valence-corrected chi connectivity index (χ0v) is 10.0. The van der Waals surface area contributed by atoms with Crippen LogP contribution in [0.3, 0.4) is 0 Å². The fraction of sp³-hybridized carbons (Fsp3) is 0.333. The summed E-state index contributed by atoms with van der Waals surface area (Å²) in [5, 5.41) is 16.1. The summed E-state index contributed by atoms with van der Waals surface area (Å²) in [6.07, 6.45) is 0. The van der Waals surface area contributed by atoms with Crippen molar-refractivity contribution in [3.05, 3.63) is 23.0 Å². The van der Waals surface area contributed by atoms with Gasteiger partial charge in [-0.2, -0.15) is 9.36 Å². The summed E-state index contributed by atoms with van der Waals surface area (Å²) in [6, 6.07) is 0. The largest absolute Gasteiger partial charge is 0.478 e. The Morgan fingerprint density at radius 2 is 2.29 bits per heavy atom. The van der Waals surface area contributed by atoms with Crippen molar-refractivity contribution in [3.8, 4) is 0 Å². The SMILES string of the molecule is Cc1nc(CNc2snc(C)c2C(=O)O)no1. The topological polar surface area (TPSA) is 101 Å². The van der Waals surface area contributed by atoms with E-state index in [1.165, 1.54) is 0 Å². The van der Waals surface area contributed by atoms with E-state index in [1.54, 1.807) is 13.8 Å². The van der Waals surface area contributed by atoms with Crippen LogP contribution in [0.15, 0.2) is 4.52 Å². The van der Waals surface area contributed by atoms with E-state index in [1.807, 2.05) is 0 Å². The summed E-state index contributed by atoms with van der Waals surface area (Å²) in [6.45, 7) is 3.65. The van der Waals surface area contributed by atoms with E-state index in [0.717, 1.165) is 11.5 Å². The van der Waals surface area contributed by atoms with Crippen LogP contribution < -0.4 is 5.32 Å². The number of carboxylic acid groups (broad SMARTS) is 1. The molecule has 0 aromatic carbocycles. The van der Waals surface area contributed by atoms with Crippen molar-refractivity contribution in [1.82, 2.24) is 14.5 Å². The van der Waals surface area contributed by atoms with Crippen molar-refractivity contribution < 1.29 is 14.4 Å². The third kappa shape index (κ3) is 2.41. The van der Waals surface area contributed by atoms with Crippen LogP contribution in [0.5, 0.6) is 0 Å². The lowest BCUT2D eigenvalue weighted by Crippen LogP contribution is -2.05. The Morgan fingerprint density at radius 3 is 2.88 bits per heavy atom. The van der Waals surface area contributed by atoms with Gasteiger partial charge in [0.25, 0.3) is 0 Å². The van der Waals surface area contributed by atoms with Gasteiger partial charge in [-0.25, -0.2) is 4.79 Å². The van der Waals surface area contributed by atoms with Crippen LogP contribution >= 0.6 is 11.5 Å². The molecule has 2 N–H and O–H groups in total. The maximum atomic E-state index is 11.0. The summed E-state index contributed by atoms with van der Waals surface area (Å²) in [5.74, 6) is -0.0475. The van der Waals surface area contributed by atoms with Crippen LogP contribution in [0, 0.1) is 13.8 Å². The molecule has 0 aliphatic carbocycles. The molecular weight excluding hydrogens is 244 g/mol. The Kier molecular flexibility index (Phi) is 3.05. The van der Waals surface area contributed by atoms with Gasteiger partial charge in [-0.3, -0.25) is 0 Å². The van der Waals surface area contributed by atoms with Crippen molar-refractivity contribution in [2.45, 2.75) is 20.4 Å². The van der Waals surface area contributed by atoms with Crippen molar-refractivity contribution in [2.24, 2.45) is 0 Å². The first-order valence-electron chi connectivity index (χ1n) is 4.80. The molecule has 0 amide bonds. The molecule has 0 aliphatic heterocycles. The average molecular weight is 254 g/mol. The lowest BCUT2D eigenvalue weighted by atomic mass is 10.2. The predicted octanol–water partition coefficient (Wildman–Crippen LogP) is 1.45. The van der Waals surface area contributed by atoms with Gasteiger partial charge < -0.3 is 14.9 Å². The Labute approximate surface area is 101 Å². The Morgan fingerprint density at radius 1 is 1.53 bits per heavy atom. The number of aromatic nitrogens is 3. The minimum absolute atomic E-state index is 0.190. The number of aromatic carboxylic acids is 1. The second-order valence-electron chi connectivity index (χ2n) is 3.36. The minimum Gasteiger partial charge on any atom is -0.478 e. The van der Waals surface area contributed by atoms with Crippen molar-refractivity contribution in [2.75, 3.05) is 5.32 Å². The minimum atomic E-state index is -0.997. The van der Waals surface area contributed by atoms with Gasteiger partial charge in [0.1, 0.15) is 10.6 Å². The molecule has 0 aliphatic rings. The number of hydrogen-bond donors (Lipinski definition) is 2. The lowest BCUT2D eigenvalue weighted by Gasteiger charge is -2.00. The van der Waals surface area contributed by atoms with Crippen LogP contribution in [0.1, 0.15) is 27.8 Å². The number of anilines is 1. The highest BCUT2D eigenvalue weighted by molar-refractivity contribution is 7.10. The molecule has 17 heavy (non-hydrogen) atoms. The van der Waals surface area contributed by atoms with Crippen LogP contribution in [0.4, 0.5) is 5.00 Å². The normalized spacial score (nSPS) is 10.5. The Hall–Kier alpha value is -1.96. The highest BCUT2D eigenvalue weighted by Gasteiger charge is 2.17. The van der Waals surface area contributed by atoms with Gasteiger partial charge in [0, 0.05) is 6.92 Å². The third-order valence-corrected chi connectivity index (χ3v) is 2.95. The molecule has 0 bridgehead atoms. The van der Waals surface area contributed by atoms with E-state index in [2.05, 4.69) is 19.8 Å². The van der Waals surface area contributed by atoms with Crippen LogP contribution in [0.25, 0.3) is 0 Å². The summed E-state index contributed by atoms with van der Waals surface area (Å²) in [5.41, 5.74) is 0.685. The van der Waals surface area contributed by atoms with E-state index < -0.39 is 5.97 Å². The zero-order valence-electron chi connectivity index (χ0n) is 9.22. The number of carboxylic acids is 1. The fourth-order valence-corrected chi connectivity index (χ4v) is 2.10. The number of rotatable bonds is 4. The summed E-state index contributed by atoms with van der Waals surface area (Å²) in [7, 11) is 0. The van der Waals surface area contributed by atoms with Gasteiger partial charge in [0.05, 0.1) is 12.2 Å². The molecule has 0 saturated carbocycles. The molecule has 2 aromatic rings. The summed E-state index contributed by atoms with van der Waals surface area (Å²) >= 11 is 1.10. The van der Waals surface area contributed by atoms with Crippen LogP contribution in [-0.4, -0.2) is 25.6 Å². The van der Waals surface area contributed by atoms with E-state index >= 15 is 0 Å². The molecule has 2 aromatic heterocycles. The van der Waals surface area contributed by atoms with Gasteiger partial charge in [-0.15, -0.1) is 0 Å². The van der Waals surface area contributed by atoms with Crippen molar-refractivity contribution >= 4 is 22.5 Å². The van der Waals surface area contributed by atoms with Crippen molar-refractivity contribution in [1.29, 1.82) is 0 Å². The molecule has 0 fully saturated rings. The van der Waals surface area contributed by atoms with E-state index in [4.69, 9.17) is 9.63 Å². The smallest absolute Gasteiger partial charge is 0.340 e. The molecule has 0 atom stereocenters. The van der Waals surface area contributed by atoms with E-state index in [0.29, 0.717) is 29.0 Å². The number of nitrogens with one attached hydrogen (secondary N) is 1. The first-order valence-corrected chi connectivity index (χ1v) is 5.58. The van der Waals surface area contributed by atoms with Crippen LogP contribution in [0.2, 0.25) is 0 Å². The predicted molar refractivity (Wildman–Crippen MR) is 60.2 cm³/mol. The molecule has 2 rings (SSSR count). The number of hydrogen-bond acceptors (Lipinski definition) is 7. The molecule has 8 heteroatoms. The quantitative estimate of drug-likeness (QED) is 0.851. The average Bonchev–Trinajstić information content (AvgIpc) is 2.82. The number of nitrogens with zero attached hydrogens (tertiary/aromatic N) is 3. The molecule has 2 heterocycles. The van der Waals surface area contributed by atoms with Gasteiger partial charge in [-0.1, -0.05) is 5.16 Å². The molecule has 90 valence electrons. The van der Waals surface area contributed by atoms with Crippen molar-refractivity contribution in [3.63, 3.8) is 0 Å². The number of aryl methyl sites for hydroxylation is 2. The Bertz CT molecular complexity index is 548. The monoisotopic (exact) mass is 254 g/mol. The third-order valence-electron chi connectivity index (χ3n) is 2.05. The lowest BCUT2D eigenvalue weighted by molar-refractivity contribution is 0.0697. The molecule has 0 unspecified atom stereocenters. The Balaban J connectivity index is 2.11. The molecular formula is C9H10N4O3S. The standard InChI is InChI=1S/C9H10N4O3S/c1-4-7(9(14)15)8(17-13-4)10-3-6-11-5(2)16-12-6/h10H,3H2,1-2H3,(H,14,15). The molecule has 0 spiro atoms. The first kappa shape index (κ1) is 11.5. The summed E-state index contributed by atoms with van der Waals surface area (Å²) < 4.78 is 8.80. The molecule has 0 saturated heterocycles.